The number of hydrogen-bond donors (Lipinski definition) is 1. The van der Waals surface area contributed by atoms with Crippen LogP contribution in [-0.4, -0.2) is 82.9 Å². The van der Waals surface area contributed by atoms with E-state index in [1.54, 1.807) is 11.8 Å². The number of fused-ring (bicyclic) bond motifs is 2. The average Bonchev–Trinajstić information content (AvgIpc) is 3.76. The van der Waals surface area contributed by atoms with Gasteiger partial charge < -0.3 is 28.8 Å². The van der Waals surface area contributed by atoms with E-state index in [4.69, 9.17) is 18.9 Å². The highest BCUT2D eigenvalue weighted by molar-refractivity contribution is 5.83. The third-order valence-corrected chi connectivity index (χ3v) is 7.97. The Hall–Kier alpha value is -4.16. The Morgan fingerprint density at radius 2 is 1.93 bits per heavy atom. The van der Waals surface area contributed by atoms with E-state index in [1.807, 2.05) is 36.4 Å². The Morgan fingerprint density at radius 3 is 2.73 bits per heavy atom. The van der Waals surface area contributed by atoms with Gasteiger partial charge in [-0.05, 0) is 47.5 Å². The largest absolute Gasteiger partial charge is 0.495 e. The standard InChI is InChI=1S/C28H31N7O5/c1-37-23-7-3-2-6-22(23)33-8-10-34(11-9-33)26(27-30-31-32-35(27)16-19-5-4-12-38-19)20-13-18-14-24-25(40-17-39-24)15-21(18)29-28(20)36/h2-3,6-7,13-15,19,26H,4-5,8-12,16-17H2,1H3,(H,29,36)/t19-,26+/m0/s1. The van der Waals surface area contributed by atoms with E-state index in [9.17, 15) is 4.79 Å². The molecular weight excluding hydrogens is 514 g/mol. The Balaban J connectivity index is 1.26. The van der Waals surface area contributed by atoms with Crippen molar-refractivity contribution in [3.8, 4) is 17.2 Å². The van der Waals surface area contributed by atoms with Crippen molar-refractivity contribution in [3.05, 3.63) is 64.2 Å². The first kappa shape index (κ1) is 24.9. The van der Waals surface area contributed by atoms with E-state index in [-0.39, 0.29) is 18.5 Å². The second-order valence-corrected chi connectivity index (χ2v) is 10.3. The summed E-state index contributed by atoms with van der Waals surface area (Å²) in [6, 6.07) is 13.2. The topological polar surface area (TPSA) is 120 Å². The SMILES string of the molecule is COc1ccccc1N1CCN([C@H](c2cc3cc4c(cc3[nH]c2=O)OCO4)c2nnnn2C[C@@H]2CCCO2)CC1. The van der Waals surface area contributed by atoms with Crippen LogP contribution in [0.15, 0.2) is 47.3 Å². The van der Waals surface area contributed by atoms with Gasteiger partial charge >= 0.3 is 0 Å². The van der Waals surface area contributed by atoms with E-state index in [1.165, 1.54) is 0 Å². The molecule has 2 aromatic carbocycles. The predicted octanol–water partition coefficient (Wildman–Crippen LogP) is 2.34. The van der Waals surface area contributed by atoms with E-state index >= 15 is 0 Å². The highest BCUT2D eigenvalue weighted by Gasteiger charge is 2.34. The molecule has 2 fully saturated rings. The van der Waals surface area contributed by atoms with Crippen LogP contribution in [0.3, 0.4) is 0 Å². The molecule has 0 amide bonds. The summed E-state index contributed by atoms with van der Waals surface area (Å²) < 4.78 is 24.4. The van der Waals surface area contributed by atoms with Crippen molar-refractivity contribution in [2.24, 2.45) is 0 Å². The number of H-pyrrole nitrogens is 1. The molecule has 2 atom stereocenters. The molecule has 2 aromatic heterocycles. The minimum Gasteiger partial charge on any atom is -0.495 e. The van der Waals surface area contributed by atoms with Crippen molar-refractivity contribution >= 4 is 16.6 Å². The van der Waals surface area contributed by atoms with Gasteiger partial charge in [0.2, 0.25) is 6.79 Å². The van der Waals surface area contributed by atoms with Crippen LogP contribution >= 0.6 is 0 Å². The number of tetrazole rings is 1. The lowest BCUT2D eigenvalue weighted by Crippen LogP contribution is -2.49. The number of nitrogens with zero attached hydrogens (tertiary/aromatic N) is 6. The van der Waals surface area contributed by atoms with Gasteiger partial charge in [0, 0.05) is 49.8 Å². The second kappa shape index (κ2) is 10.4. The van der Waals surface area contributed by atoms with Crippen molar-refractivity contribution < 1.29 is 18.9 Å². The quantitative estimate of drug-likeness (QED) is 0.371. The minimum absolute atomic E-state index is 0.0555. The third kappa shape index (κ3) is 4.52. The van der Waals surface area contributed by atoms with Gasteiger partial charge in [0.25, 0.3) is 5.56 Å². The van der Waals surface area contributed by atoms with Crippen molar-refractivity contribution in [1.82, 2.24) is 30.1 Å². The number of aromatic amines is 1. The molecule has 12 nitrogen and oxygen atoms in total. The smallest absolute Gasteiger partial charge is 0.253 e. The highest BCUT2D eigenvalue weighted by Crippen LogP contribution is 2.37. The summed E-state index contributed by atoms with van der Waals surface area (Å²) in [4.78, 5) is 21.3. The highest BCUT2D eigenvalue weighted by atomic mass is 16.7. The summed E-state index contributed by atoms with van der Waals surface area (Å²) in [6.45, 7) is 4.38. The molecule has 0 spiro atoms. The first-order valence-electron chi connectivity index (χ1n) is 13.6. The lowest BCUT2D eigenvalue weighted by molar-refractivity contribution is 0.0906. The summed E-state index contributed by atoms with van der Waals surface area (Å²) in [5, 5.41) is 13.7. The van der Waals surface area contributed by atoms with Crippen LogP contribution in [0.5, 0.6) is 17.2 Å². The Morgan fingerprint density at radius 1 is 1.10 bits per heavy atom. The first-order valence-corrected chi connectivity index (χ1v) is 13.6. The van der Waals surface area contributed by atoms with Gasteiger partial charge in [-0.2, -0.15) is 0 Å². The predicted molar refractivity (Wildman–Crippen MR) is 146 cm³/mol. The molecule has 0 aliphatic carbocycles. The number of hydrogen-bond acceptors (Lipinski definition) is 10. The maximum absolute atomic E-state index is 13.7. The van der Waals surface area contributed by atoms with E-state index in [0.29, 0.717) is 48.0 Å². The number of rotatable bonds is 7. The zero-order valence-electron chi connectivity index (χ0n) is 22.3. The number of para-hydroxylation sites is 2. The maximum Gasteiger partial charge on any atom is 0.253 e. The number of pyridine rings is 1. The molecule has 40 heavy (non-hydrogen) atoms. The summed E-state index contributed by atoms with van der Waals surface area (Å²) in [5.41, 5.74) is 2.15. The average molecular weight is 546 g/mol. The molecule has 12 heteroatoms. The molecule has 0 unspecified atom stereocenters. The number of anilines is 1. The monoisotopic (exact) mass is 545 g/mol. The molecule has 3 aliphatic heterocycles. The number of ether oxygens (including phenoxy) is 4. The lowest BCUT2D eigenvalue weighted by Gasteiger charge is -2.40. The van der Waals surface area contributed by atoms with E-state index in [2.05, 4.69) is 36.4 Å². The number of benzene rings is 2. The fourth-order valence-electron chi connectivity index (χ4n) is 5.95. The molecule has 2 saturated heterocycles. The summed E-state index contributed by atoms with van der Waals surface area (Å²) in [6.07, 6.45) is 2.04. The molecule has 5 heterocycles. The van der Waals surface area contributed by atoms with E-state index < -0.39 is 6.04 Å². The molecule has 208 valence electrons. The molecule has 0 saturated carbocycles. The molecule has 0 bridgehead atoms. The minimum atomic E-state index is -0.449. The van der Waals surface area contributed by atoms with E-state index in [0.717, 1.165) is 49.4 Å². The van der Waals surface area contributed by atoms with Gasteiger partial charge in [0.05, 0.1) is 31.0 Å². The fraction of sp³-hybridized carbons (Fsp3) is 0.429. The Kier molecular flexibility index (Phi) is 6.48. The maximum atomic E-state index is 13.7. The summed E-state index contributed by atoms with van der Waals surface area (Å²) in [5.74, 6) is 2.76. The lowest BCUT2D eigenvalue weighted by atomic mass is 10.0. The molecule has 1 N–H and O–H groups in total. The normalized spacial score (nSPS) is 19.8. The fourth-order valence-corrected chi connectivity index (χ4v) is 5.95. The second-order valence-electron chi connectivity index (χ2n) is 10.3. The molecule has 4 aromatic rings. The van der Waals surface area contributed by atoms with Crippen molar-refractivity contribution in [1.29, 1.82) is 0 Å². The van der Waals surface area contributed by atoms with Gasteiger partial charge in [0.15, 0.2) is 17.3 Å². The first-order chi connectivity index (χ1) is 19.7. The number of methoxy groups -OCH3 is 1. The number of aromatic nitrogens is 5. The van der Waals surface area contributed by atoms with Gasteiger partial charge in [-0.25, -0.2) is 4.68 Å². The van der Waals surface area contributed by atoms with Crippen LogP contribution in [0, 0.1) is 0 Å². The Labute approximate surface area is 230 Å². The van der Waals surface area contributed by atoms with Gasteiger partial charge in [-0.1, -0.05) is 12.1 Å². The van der Waals surface area contributed by atoms with Gasteiger partial charge in [-0.3, -0.25) is 9.69 Å². The molecule has 0 radical (unpaired) electrons. The van der Waals surface area contributed by atoms with Crippen molar-refractivity contribution in [2.45, 2.75) is 31.5 Å². The zero-order valence-corrected chi connectivity index (χ0v) is 22.3. The van der Waals surface area contributed by atoms with Crippen molar-refractivity contribution in [3.63, 3.8) is 0 Å². The van der Waals surface area contributed by atoms with Crippen LogP contribution < -0.4 is 24.7 Å². The number of nitrogens with one attached hydrogen (secondary N) is 1. The number of piperazine rings is 1. The molecule has 3 aliphatic rings. The summed E-state index contributed by atoms with van der Waals surface area (Å²) in [7, 11) is 1.69. The van der Waals surface area contributed by atoms with Crippen LogP contribution in [0.2, 0.25) is 0 Å². The third-order valence-electron chi connectivity index (χ3n) is 7.97. The van der Waals surface area contributed by atoms with Gasteiger partial charge in [-0.15, -0.1) is 5.10 Å². The Bertz CT molecular complexity index is 1570. The van der Waals surface area contributed by atoms with Crippen LogP contribution in [0.4, 0.5) is 5.69 Å². The molecule has 7 rings (SSSR count). The zero-order chi connectivity index (χ0) is 27.1. The molecular formula is C28H31N7O5. The van der Waals surface area contributed by atoms with Crippen LogP contribution in [0.1, 0.15) is 30.3 Å². The van der Waals surface area contributed by atoms with Crippen molar-refractivity contribution in [2.75, 3.05) is 51.6 Å². The van der Waals surface area contributed by atoms with Crippen LogP contribution in [0.25, 0.3) is 10.9 Å². The van der Waals surface area contributed by atoms with Gasteiger partial charge in [0.1, 0.15) is 11.8 Å². The summed E-state index contributed by atoms with van der Waals surface area (Å²) >= 11 is 0. The van der Waals surface area contributed by atoms with Crippen LogP contribution in [-0.2, 0) is 11.3 Å².